The van der Waals surface area contributed by atoms with Crippen molar-refractivity contribution in [2.24, 2.45) is 0 Å². The van der Waals surface area contributed by atoms with Crippen LogP contribution in [0.4, 0.5) is 0 Å². The number of aliphatic carboxylic acids is 1. The molecule has 0 amide bonds. The van der Waals surface area contributed by atoms with Crippen molar-refractivity contribution in [3.05, 3.63) is 29.3 Å². The van der Waals surface area contributed by atoms with E-state index < -0.39 is 5.97 Å². The highest BCUT2D eigenvalue weighted by Crippen LogP contribution is 2.26. The summed E-state index contributed by atoms with van der Waals surface area (Å²) in [4.78, 5) is 13.3. The first-order valence-corrected chi connectivity index (χ1v) is 7.93. The van der Waals surface area contributed by atoms with Gasteiger partial charge in [-0.1, -0.05) is 18.6 Å². The zero-order valence-corrected chi connectivity index (χ0v) is 12.4. The van der Waals surface area contributed by atoms with Gasteiger partial charge in [0.25, 0.3) is 0 Å². The molecule has 1 N–H and O–H groups in total. The van der Waals surface area contributed by atoms with Crippen LogP contribution in [0.25, 0.3) is 0 Å². The third-order valence-corrected chi connectivity index (χ3v) is 4.60. The normalized spacial score (nSPS) is 21.8. The van der Waals surface area contributed by atoms with E-state index in [1.807, 2.05) is 0 Å². The van der Waals surface area contributed by atoms with Gasteiger partial charge in [0.15, 0.2) is 0 Å². The Morgan fingerprint density at radius 2 is 2.29 bits per heavy atom. The highest BCUT2D eigenvalue weighted by atomic mass is 16.5. The van der Waals surface area contributed by atoms with Crippen LogP contribution < -0.4 is 4.74 Å². The van der Waals surface area contributed by atoms with Crippen molar-refractivity contribution in [2.75, 3.05) is 19.7 Å². The summed E-state index contributed by atoms with van der Waals surface area (Å²) in [6.07, 6.45) is 5.64. The van der Waals surface area contributed by atoms with Gasteiger partial charge in [-0.3, -0.25) is 9.69 Å². The van der Waals surface area contributed by atoms with E-state index in [-0.39, 0.29) is 12.5 Å². The molecular weight excluding hydrogens is 266 g/mol. The molecule has 1 aromatic rings. The number of hydrogen-bond donors (Lipinski definition) is 1. The van der Waals surface area contributed by atoms with Crippen molar-refractivity contribution in [2.45, 2.75) is 44.6 Å². The number of piperidine rings is 1. The first kappa shape index (κ1) is 14.4. The first-order valence-electron chi connectivity index (χ1n) is 7.93. The lowest BCUT2D eigenvalue weighted by atomic mass is 9.98. The van der Waals surface area contributed by atoms with Crippen LogP contribution in [0.2, 0.25) is 0 Å². The summed E-state index contributed by atoms with van der Waals surface area (Å²) in [7, 11) is 0. The summed E-state index contributed by atoms with van der Waals surface area (Å²) < 4.78 is 5.53. The van der Waals surface area contributed by atoms with Crippen LogP contribution in [0.3, 0.4) is 0 Å². The molecule has 2 aliphatic rings. The molecule has 1 unspecified atom stereocenters. The highest BCUT2D eigenvalue weighted by molar-refractivity contribution is 5.67. The average Bonchev–Trinajstić information content (AvgIpc) is 2.93. The van der Waals surface area contributed by atoms with Gasteiger partial charge in [0, 0.05) is 19.0 Å². The molecule has 21 heavy (non-hydrogen) atoms. The first-order chi connectivity index (χ1) is 10.2. The number of likely N-dealkylation sites (tertiary alicyclic amines) is 1. The second kappa shape index (κ2) is 6.48. The molecule has 2 heterocycles. The van der Waals surface area contributed by atoms with Crippen molar-refractivity contribution < 1.29 is 14.6 Å². The van der Waals surface area contributed by atoms with Crippen molar-refractivity contribution in [3.63, 3.8) is 0 Å². The summed E-state index contributed by atoms with van der Waals surface area (Å²) in [5.41, 5.74) is 2.65. The SMILES string of the molecule is O=C(O)CC1CCCCN1CCc1ccc2c(c1)CCO2. The van der Waals surface area contributed by atoms with Gasteiger partial charge in [-0.15, -0.1) is 0 Å². The maximum atomic E-state index is 11.0. The molecule has 4 heteroatoms. The number of carbonyl (C=O) groups is 1. The summed E-state index contributed by atoms with van der Waals surface area (Å²) in [5.74, 6) is 0.349. The van der Waals surface area contributed by atoms with Crippen LogP contribution in [-0.2, 0) is 17.6 Å². The Bertz CT molecular complexity index is 515. The number of carboxylic acids is 1. The summed E-state index contributed by atoms with van der Waals surface area (Å²) >= 11 is 0. The Labute approximate surface area is 125 Å². The van der Waals surface area contributed by atoms with E-state index in [0.29, 0.717) is 0 Å². The second-order valence-electron chi connectivity index (χ2n) is 6.07. The van der Waals surface area contributed by atoms with Gasteiger partial charge in [-0.25, -0.2) is 0 Å². The molecule has 1 saturated heterocycles. The molecule has 1 atom stereocenters. The fraction of sp³-hybridized carbons (Fsp3) is 0.588. The lowest BCUT2D eigenvalue weighted by Gasteiger charge is -2.35. The van der Waals surface area contributed by atoms with Gasteiger partial charge in [0.1, 0.15) is 5.75 Å². The Hall–Kier alpha value is -1.55. The number of fused-ring (bicyclic) bond motifs is 1. The molecule has 114 valence electrons. The second-order valence-corrected chi connectivity index (χ2v) is 6.07. The van der Waals surface area contributed by atoms with Gasteiger partial charge >= 0.3 is 5.97 Å². The minimum absolute atomic E-state index is 0.217. The number of ether oxygens (including phenoxy) is 1. The molecule has 1 aromatic carbocycles. The Kier molecular flexibility index (Phi) is 4.44. The number of nitrogens with zero attached hydrogens (tertiary/aromatic N) is 1. The Morgan fingerprint density at radius 1 is 1.38 bits per heavy atom. The molecule has 0 radical (unpaired) electrons. The van der Waals surface area contributed by atoms with Crippen LogP contribution in [0, 0.1) is 0 Å². The van der Waals surface area contributed by atoms with Crippen LogP contribution >= 0.6 is 0 Å². The van der Waals surface area contributed by atoms with E-state index in [1.165, 1.54) is 17.5 Å². The van der Waals surface area contributed by atoms with Crippen LogP contribution in [-0.4, -0.2) is 41.7 Å². The number of hydrogen-bond acceptors (Lipinski definition) is 3. The van der Waals surface area contributed by atoms with Crippen LogP contribution in [0.1, 0.15) is 36.8 Å². The molecule has 4 nitrogen and oxygen atoms in total. The smallest absolute Gasteiger partial charge is 0.304 e. The van der Waals surface area contributed by atoms with Gasteiger partial charge < -0.3 is 9.84 Å². The number of rotatable bonds is 5. The fourth-order valence-corrected chi connectivity index (χ4v) is 3.46. The van der Waals surface area contributed by atoms with Gasteiger partial charge in [-0.2, -0.15) is 0 Å². The minimum atomic E-state index is -0.679. The lowest BCUT2D eigenvalue weighted by Crippen LogP contribution is -2.41. The molecule has 0 aliphatic carbocycles. The maximum absolute atomic E-state index is 11.0. The Morgan fingerprint density at radius 3 is 3.14 bits per heavy atom. The molecule has 3 rings (SSSR count). The zero-order chi connectivity index (χ0) is 14.7. The molecule has 0 aromatic heterocycles. The molecule has 0 saturated carbocycles. The van der Waals surface area contributed by atoms with E-state index in [1.54, 1.807) is 0 Å². The van der Waals surface area contributed by atoms with Crippen molar-refractivity contribution in [3.8, 4) is 5.75 Å². The highest BCUT2D eigenvalue weighted by Gasteiger charge is 2.24. The number of carboxylic acid groups (broad SMARTS) is 1. The van der Waals surface area contributed by atoms with Crippen LogP contribution in [0.15, 0.2) is 18.2 Å². The van der Waals surface area contributed by atoms with E-state index in [4.69, 9.17) is 9.84 Å². The predicted molar refractivity (Wildman–Crippen MR) is 80.8 cm³/mol. The Balaban J connectivity index is 1.59. The largest absolute Gasteiger partial charge is 0.493 e. The molecule has 2 aliphatic heterocycles. The quantitative estimate of drug-likeness (QED) is 0.905. The lowest BCUT2D eigenvalue weighted by molar-refractivity contribution is -0.138. The fourth-order valence-electron chi connectivity index (χ4n) is 3.46. The monoisotopic (exact) mass is 289 g/mol. The summed E-state index contributed by atoms with van der Waals surface area (Å²) in [5, 5.41) is 9.03. The van der Waals surface area contributed by atoms with Crippen molar-refractivity contribution >= 4 is 5.97 Å². The third kappa shape index (κ3) is 3.56. The average molecular weight is 289 g/mol. The summed E-state index contributed by atoms with van der Waals surface area (Å²) in [6.45, 7) is 2.79. The zero-order valence-electron chi connectivity index (χ0n) is 12.4. The maximum Gasteiger partial charge on any atom is 0.304 e. The van der Waals surface area contributed by atoms with Gasteiger partial charge in [-0.05, 0) is 43.0 Å². The van der Waals surface area contributed by atoms with Crippen molar-refractivity contribution in [1.29, 1.82) is 0 Å². The van der Waals surface area contributed by atoms with E-state index in [0.717, 1.165) is 51.1 Å². The van der Waals surface area contributed by atoms with Gasteiger partial charge in [0.2, 0.25) is 0 Å². The van der Waals surface area contributed by atoms with Gasteiger partial charge in [0.05, 0.1) is 13.0 Å². The summed E-state index contributed by atoms with van der Waals surface area (Å²) in [6, 6.07) is 6.68. The van der Waals surface area contributed by atoms with Crippen molar-refractivity contribution in [1.82, 2.24) is 4.90 Å². The molecule has 0 bridgehead atoms. The van der Waals surface area contributed by atoms with E-state index >= 15 is 0 Å². The number of benzene rings is 1. The molecular formula is C17H23NO3. The minimum Gasteiger partial charge on any atom is -0.493 e. The molecule has 0 spiro atoms. The third-order valence-electron chi connectivity index (χ3n) is 4.60. The topological polar surface area (TPSA) is 49.8 Å². The molecule has 1 fully saturated rings. The van der Waals surface area contributed by atoms with E-state index in [9.17, 15) is 4.79 Å². The predicted octanol–water partition coefficient (Wildman–Crippen LogP) is 2.49. The van der Waals surface area contributed by atoms with E-state index in [2.05, 4.69) is 23.1 Å². The standard InChI is InChI=1S/C17H23NO3/c19-17(20)12-15-3-1-2-8-18(15)9-6-13-4-5-16-14(11-13)7-10-21-16/h4-5,11,15H,1-3,6-10,12H2,(H,19,20). The van der Waals surface area contributed by atoms with Crippen LogP contribution in [0.5, 0.6) is 5.75 Å².